The molecule has 7 heteroatoms. The molecule has 1 unspecified atom stereocenters. The van der Waals surface area contributed by atoms with Gasteiger partial charge in [-0.3, -0.25) is 10.1 Å². The summed E-state index contributed by atoms with van der Waals surface area (Å²) < 4.78 is 5.08. The third kappa shape index (κ3) is 2.98. The number of hydrogen-bond acceptors (Lipinski definition) is 5. The summed E-state index contributed by atoms with van der Waals surface area (Å²) in [5.74, 6) is 0.621. The number of benzene rings is 1. The lowest BCUT2D eigenvalue weighted by molar-refractivity contribution is -0.385. The van der Waals surface area contributed by atoms with Gasteiger partial charge in [-0.25, -0.2) is 0 Å². The van der Waals surface area contributed by atoms with E-state index in [9.17, 15) is 10.1 Å². The summed E-state index contributed by atoms with van der Waals surface area (Å²) in [6.45, 7) is 1.65. The predicted octanol–water partition coefficient (Wildman–Crippen LogP) is 2.42. The first-order valence-electron chi connectivity index (χ1n) is 4.85. The van der Waals surface area contributed by atoms with Crippen LogP contribution in [0.25, 0.3) is 0 Å². The summed E-state index contributed by atoms with van der Waals surface area (Å²) in [6, 6.07) is 2.78. The Kier molecular flexibility index (Phi) is 4.53. The van der Waals surface area contributed by atoms with Crippen LogP contribution in [0.1, 0.15) is 17.9 Å². The van der Waals surface area contributed by atoms with E-state index in [1.54, 1.807) is 14.0 Å². The van der Waals surface area contributed by atoms with Crippen molar-refractivity contribution in [3.8, 4) is 11.5 Å². The minimum absolute atomic E-state index is 0.0986. The van der Waals surface area contributed by atoms with E-state index >= 15 is 0 Å². The quantitative estimate of drug-likeness (QED) is 0.500. The summed E-state index contributed by atoms with van der Waals surface area (Å²) in [5, 5.41) is 10.4. The van der Waals surface area contributed by atoms with Crippen molar-refractivity contribution in [2.24, 2.45) is 0 Å². The maximum Gasteiger partial charge on any atom is 0.278 e. The third-order valence-electron chi connectivity index (χ3n) is 2.15. The van der Waals surface area contributed by atoms with Gasteiger partial charge < -0.3 is 9.57 Å². The lowest BCUT2D eigenvalue weighted by Crippen LogP contribution is -2.12. The molecule has 0 aromatic heterocycles. The minimum atomic E-state index is -0.504. The second kappa shape index (κ2) is 5.70. The first-order valence-corrected chi connectivity index (χ1v) is 5.28. The number of alkyl halides is 1. The zero-order valence-corrected chi connectivity index (χ0v) is 10.4. The predicted molar refractivity (Wildman–Crippen MR) is 63.6 cm³/mol. The molecule has 0 saturated carbocycles. The first-order chi connectivity index (χ1) is 8.01. The van der Waals surface area contributed by atoms with E-state index in [0.29, 0.717) is 11.3 Å². The van der Waals surface area contributed by atoms with Crippen molar-refractivity contribution in [2.75, 3.05) is 14.2 Å². The van der Waals surface area contributed by atoms with E-state index in [-0.39, 0.29) is 11.4 Å². The Morgan fingerprint density at radius 3 is 2.53 bits per heavy atom. The summed E-state index contributed by atoms with van der Waals surface area (Å²) in [5.41, 5.74) is 2.73. The van der Waals surface area contributed by atoms with Crippen molar-refractivity contribution in [2.45, 2.75) is 12.3 Å². The molecule has 1 rings (SSSR count). The highest BCUT2D eigenvalue weighted by atomic mass is 35.5. The Hall–Kier alpha value is -1.53. The molecule has 17 heavy (non-hydrogen) atoms. The average Bonchev–Trinajstić information content (AvgIpc) is 2.28. The molecule has 0 fully saturated rings. The second-order valence-electron chi connectivity index (χ2n) is 3.24. The van der Waals surface area contributed by atoms with Crippen molar-refractivity contribution in [1.82, 2.24) is 5.48 Å². The van der Waals surface area contributed by atoms with Crippen LogP contribution in [-0.2, 0) is 0 Å². The van der Waals surface area contributed by atoms with Gasteiger partial charge in [0.15, 0.2) is 11.5 Å². The fraction of sp³-hybridized carbons (Fsp3) is 0.400. The minimum Gasteiger partial charge on any atom is -0.493 e. The Labute approximate surface area is 104 Å². The largest absolute Gasteiger partial charge is 0.493 e. The maximum absolute atomic E-state index is 10.9. The fourth-order valence-corrected chi connectivity index (χ4v) is 1.57. The van der Waals surface area contributed by atoms with Crippen LogP contribution in [0.15, 0.2) is 12.1 Å². The van der Waals surface area contributed by atoms with Gasteiger partial charge in [0.1, 0.15) is 0 Å². The van der Waals surface area contributed by atoms with Gasteiger partial charge in [-0.15, -0.1) is 11.6 Å². The molecule has 6 nitrogen and oxygen atoms in total. The number of nitrogens with one attached hydrogen (secondary N) is 1. The van der Waals surface area contributed by atoms with E-state index in [2.05, 4.69) is 5.48 Å². The van der Waals surface area contributed by atoms with Gasteiger partial charge in [0.25, 0.3) is 5.69 Å². The molecular formula is C10H13ClN2O4. The van der Waals surface area contributed by atoms with Gasteiger partial charge in [-0.05, 0) is 13.0 Å². The Balaban J connectivity index is 3.36. The number of nitrogens with zero attached hydrogens (tertiary/aromatic N) is 1. The number of nitro groups is 1. The Bertz CT molecular complexity index is 423. The normalized spacial score (nSPS) is 12.0. The van der Waals surface area contributed by atoms with Crippen molar-refractivity contribution < 1.29 is 14.5 Å². The molecular weight excluding hydrogens is 248 g/mol. The smallest absolute Gasteiger partial charge is 0.278 e. The number of hydroxylamine groups is 1. The van der Waals surface area contributed by atoms with E-state index in [1.807, 2.05) is 0 Å². The van der Waals surface area contributed by atoms with E-state index in [1.165, 1.54) is 19.2 Å². The summed E-state index contributed by atoms with van der Waals surface area (Å²) in [4.78, 5) is 15.4. The molecule has 0 aliphatic rings. The number of hydrogen-bond donors (Lipinski definition) is 1. The lowest BCUT2D eigenvalue weighted by Gasteiger charge is -2.12. The van der Waals surface area contributed by atoms with Crippen LogP contribution >= 0.6 is 11.6 Å². The van der Waals surface area contributed by atoms with Crippen molar-refractivity contribution in [3.63, 3.8) is 0 Å². The van der Waals surface area contributed by atoms with Crippen LogP contribution in [0.2, 0.25) is 0 Å². The van der Waals surface area contributed by atoms with Crippen LogP contribution in [0.3, 0.4) is 0 Å². The number of ether oxygens (including phenoxy) is 1. The molecule has 0 saturated heterocycles. The topological polar surface area (TPSA) is 73.6 Å². The van der Waals surface area contributed by atoms with E-state index < -0.39 is 10.3 Å². The first kappa shape index (κ1) is 13.5. The molecule has 1 atom stereocenters. The van der Waals surface area contributed by atoms with Crippen LogP contribution in [0.5, 0.6) is 11.5 Å². The average molecular weight is 261 g/mol. The van der Waals surface area contributed by atoms with E-state index in [0.717, 1.165) is 0 Å². The van der Waals surface area contributed by atoms with Gasteiger partial charge in [-0.1, -0.05) is 0 Å². The molecule has 94 valence electrons. The molecule has 0 aliphatic heterocycles. The highest BCUT2D eigenvalue weighted by Crippen LogP contribution is 2.38. The van der Waals surface area contributed by atoms with Gasteiger partial charge in [0, 0.05) is 7.05 Å². The molecule has 0 aliphatic carbocycles. The molecule has 1 aromatic rings. The van der Waals surface area contributed by atoms with Crippen LogP contribution in [0, 0.1) is 10.1 Å². The number of nitro benzene ring substituents is 1. The SMILES string of the molecule is CNOc1cc([N+](=O)[O-])c(C(C)Cl)cc1OC. The lowest BCUT2D eigenvalue weighted by atomic mass is 10.1. The number of methoxy groups -OCH3 is 1. The van der Waals surface area contributed by atoms with Crippen molar-refractivity contribution in [3.05, 3.63) is 27.8 Å². The molecule has 0 spiro atoms. The van der Waals surface area contributed by atoms with Crippen molar-refractivity contribution >= 4 is 17.3 Å². The highest BCUT2D eigenvalue weighted by Gasteiger charge is 2.22. The van der Waals surface area contributed by atoms with Gasteiger partial charge >= 0.3 is 0 Å². The molecule has 1 aromatic carbocycles. The van der Waals surface area contributed by atoms with Gasteiger partial charge in [0.05, 0.1) is 29.0 Å². The van der Waals surface area contributed by atoms with Gasteiger partial charge in [-0.2, -0.15) is 5.48 Å². The Morgan fingerprint density at radius 2 is 2.12 bits per heavy atom. The van der Waals surface area contributed by atoms with Crippen LogP contribution in [-0.4, -0.2) is 19.1 Å². The standard InChI is InChI=1S/C10H13ClN2O4/c1-6(11)7-4-9(16-3)10(17-12-2)5-8(7)13(14)15/h4-6,12H,1-3H3. The number of rotatable bonds is 5. The molecule has 0 heterocycles. The number of halogens is 1. The van der Waals surface area contributed by atoms with Crippen LogP contribution < -0.4 is 15.1 Å². The Morgan fingerprint density at radius 1 is 1.47 bits per heavy atom. The maximum atomic E-state index is 10.9. The highest BCUT2D eigenvalue weighted by molar-refractivity contribution is 6.20. The zero-order chi connectivity index (χ0) is 13.0. The van der Waals surface area contributed by atoms with Crippen molar-refractivity contribution in [1.29, 1.82) is 0 Å². The molecule has 0 bridgehead atoms. The summed E-state index contributed by atoms with van der Waals surface area (Å²) in [7, 11) is 3.00. The summed E-state index contributed by atoms with van der Waals surface area (Å²) in [6.07, 6.45) is 0. The molecule has 0 amide bonds. The molecule has 1 N–H and O–H groups in total. The fourth-order valence-electron chi connectivity index (χ4n) is 1.39. The van der Waals surface area contributed by atoms with Gasteiger partial charge in [0.2, 0.25) is 0 Å². The monoisotopic (exact) mass is 260 g/mol. The summed E-state index contributed by atoms with van der Waals surface area (Å²) >= 11 is 5.89. The third-order valence-corrected chi connectivity index (χ3v) is 2.39. The van der Waals surface area contributed by atoms with E-state index in [4.69, 9.17) is 21.2 Å². The second-order valence-corrected chi connectivity index (χ2v) is 3.90. The van der Waals surface area contributed by atoms with Crippen LogP contribution in [0.4, 0.5) is 5.69 Å². The molecule has 0 radical (unpaired) electrons. The zero-order valence-electron chi connectivity index (χ0n) is 9.69.